The fourth-order valence-corrected chi connectivity index (χ4v) is 1.81. The van der Waals surface area contributed by atoms with Gasteiger partial charge in [-0.05, 0) is 23.6 Å². The Morgan fingerprint density at radius 2 is 1.68 bits per heavy atom. The van der Waals surface area contributed by atoms with Crippen LogP contribution in [0.5, 0.6) is 17.2 Å². The Morgan fingerprint density at radius 1 is 1.16 bits per heavy atom. The topological polar surface area (TPSA) is 71.0 Å². The van der Waals surface area contributed by atoms with Crippen LogP contribution in [-0.4, -0.2) is 37.1 Å². The van der Waals surface area contributed by atoms with Gasteiger partial charge in [0.2, 0.25) is 5.75 Å². The molecule has 0 radical (unpaired) electrons. The van der Waals surface area contributed by atoms with Crippen molar-refractivity contribution >= 4 is 0 Å². The minimum absolute atomic E-state index is 0.00341. The number of nitrogens with one attached hydrogen (secondary N) is 1. The van der Waals surface area contributed by atoms with Crippen molar-refractivity contribution in [2.75, 3.05) is 20.8 Å². The molecule has 0 aromatic heterocycles. The number of methoxy groups -OCH3 is 2. The maximum absolute atomic E-state index is 9.81. The van der Waals surface area contributed by atoms with Crippen LogP contribution in [0.4, 0.5) is 0 Å². The monoisotopic (exact) mass is 269 g/mol. The molecule has 5 nitrogen and oxygen atoms in total. The highest BCUT2D eigenvalue weighted by atomic mass is 16.5. The van der Waals surface area contributed by atoms with E-state index in [0.717, 1.165) is 5.56 Å². The van der Waals surface area contributed by atoms with E-state index in [9.17, 15) is 10.2 Å². The average Bonchev–Trinajstić information content (AvgIpc) is 2.40. The van der Waals surface area contributed by atoms with Gasteiger partial charge in [0.15, 0.2) is 11.5 Å². The van der Waals surface area contributed by atoms with Gasteiger partial charge in [-0.1, -0.05) is 13.8 Å². The summed E-state index contributed by atoms with van der Waals surface area (Å²) in [5.41, 5.74) is 0.922. The number of rotatable bonds is 7. The predicted molar refractivity (Wildman–Crippen MR) is 73.8 cm³/mol. The number of aliphatic hydroxyl groups is 1. The Kier molecular flexibility index (Phi) is 5.92. The molecule has 108 valence electrons. The number of aliphatic hydroxyl groups excluding tert-OH is 1. The lowest BCUT2D eigenvalue weighted by Gasteiger charge is -2.20. The number of hydrogen-bond donors (Lipinski definition) is 3. The van der Waals surface area contributed by atoms with Gasteiger partial charge in [0.05, 0.1) is 20.8 Å². The molecule has 0 saturated carbocycles. The number of hydrogen-bond acceptors (Lipinski definition) is 5. The van der Waals surface area contributed by atoms with Crippen LogP contribution < -0.4 is 14.8 Å². The maximum atomic E-state index is 9.81. The van der Waals surface area contributed by atoms with Gasteiger partial charge in [0, 0.05) is 12.6 Å². The lowest BCUT2D eigenvalue weighted by molar-refractivity contribution is 0.210. The average molecular weight is 269 g/mol. The SMILES string of the molecule is COc1cc(CN[C@H](CO)C(C)C)cc(OC)c1O. The number of phenols is 1. The summed E-state index contributed by atoms with van der Waals surface area (Å²) in [6.45, 7) is 4.75. The minimum atomic E-state index is -0.00341. The zero-order valence-corrected chi connectivity index (χ0v) is 11.9. The van der Waals surface area contributed by atoms with Crippen LogP contribution in [-0.2, 0) is 6.54 Å². The van der Waals surface area contributed by atoms with Gasteiger partial charge in [0.25, 0.3) is 0 Å². The third kappa shape index (κ3) is 4.01. The van der Waals surface area contributed by atoms with Crippen molar-refractivity contribution in [3.63, 3.8) is 0 Å². The molecule has 0 amide bonds. The van der Waals surface area contributed by atoms with E-state index in [1.807, 2.05) is 13.8 Å². The standard InChI is InChI=1S/C14H23NO4/c1-9(2)11(8-16)15-7-10-5-12(18-3)14(17)13(6-10)19-4/h5-6,9,11,15-17H,7-8H2,1-4H3/t11-/m1/s1. The van der Waals surface area contributed by atoms with Gasteiger partial charge in [-0.3, -0.25) is 0 Å². The highest BCUT2D eigenvalue weighted by Gasteiger charge is 2.14. The van der Waals surface area contributed by atoms with Crippen LogP contribution in [0.3, 0.4) is 0 Å². The van der Waals surface area contributed by atoms with Crippen molar-refractivity contribution < 1.29 is 19.7 Å². The molecule has 0 saturated heterocycles. The first-order valence-electron chi connectivity index (χ1n) is 6.31. The number of phenolic OH excluding ortho intramolecular Hbond substituents is 1. The molecule has 1 aromatic rings. The van der Waals surface area contributed by atoms with E-state index in [2.05, 4.69) is 5.32 Å². The van der Waals surface area contributed by atoms with E-state index in [-0.39, 0.29) is 18.4 Å². The fraction of sp³-hybridized carbons (Fsp3) is 0.571. The summed E-state index contributed by atoms with van der Waals surface area (Å²) < 4.78 is 10.2. The van der Waals surface area contributed by atoms with Gasteiger partial charge in [0.1, 0.15) is 0 Å². The Balaban J connectivity index is 2.84. The lowest BCUT2D eigenvalue weighted by atomic mass is 10.0. The minimum Gasteiger partial charge on any atom is -0.502 e. The first-order valence-corrected chi connectivity index (χ1v) is 6.31. The van der Waals surface area contributed by atoms with E-state index in [1.54, 1.807) is 12.1 Å². The third-order valence-corrected chi connectivity index (χ3v) is 3.11. The molecule has 0 bridgehead atoms. The van der Waals surface area contributed by atoms with E-state index < -0.39 is 0 Å². The zero-order valence-electron chi connectivity index (χ0n) is 11.9. The van der Waals surface area contributed by atoms with Gasteiger partial charge >= 0.3 is 0 Å². The first-order chi connectivity index (χ1) is 9.03. The normalized spacial score (nSPS) is 12.5. The van der Waals surface area contributed by atoms with E-state index in [0.29, 0.717) is 24.0 Å². The van der Waals surface area contributed by atoms with Crippen molar-refractivity contribution in [2.45, 2.75) is 26.4 Å². The van der Waals surface area contributed by atoms with Crippen molar-refractivity contribution in [1.29, 1.82) is 0 Å². The molecule has 1 atom stereocenters. The molecule has 0 spiro atoms. The highest BCUT2D eigenvalue weighted by Crippen LogP contribution is 2.37. The molecule has 0 unspecified atom stereocenters. The summed E-state index contributed by atoms with van der Waals surface area (Å²) in [5, 5.41) is 22.3. The van der Waals surface area contributed by atoms with Crippen molar-refractivity contribution in [3.8, 4) is 17.2 Å². The molecule has 1 aromatic carbocycles. The van der Waals surface area contributed by atoms with Gasteiger partial charge in [-0.15, -0.1) is 0 Å². The predicted octanol–water partition coefficient (Wildman–Crippen LogP) is 1.52. The number of benzene rings is 1. The van der Waals surface area contributed by atoms with Crippen LogP contribution in [0.2, 0.25) is 0 Å². The fourth-order valence-electron chi connectivity index (χ4n) is 1.81. The van der Waals surface area contributed by atoms with Crippen LogP contribution in [0.15, 0.2) is 12.1 Å². The molecule has 0 aliphatic rings. The molecule has 1 rings (SSSR count). The van der Waals surface area contributed by atoms with Crippen LogP contribution in [0.25, 0.3) is 0 Å². The molecule has 3 N–H and O–H groups in total. The van der Waals surface area contributed by atoms with E-state index in [1.165, 1.54) is 14.2 Å². The van der Waals surface area contributed by atoms with Crippen molar-refractivity contribution in [2.24, 2.45) is 5.92 Å². The Bertz CT molecular complexity index is 381. The van der Waals surface area contributed by atoms with Crippen LogP contribution in [0.1, 0.15) is 19.4 Å². The third-order valence-electron chi connectivity index (χ3n) is 3.11. The largest absolute Gasteiger partial charge is 0.502 e. The van der Waals surface area contributed by atoms with Crippen molar-refractivity contribution in [1.82, 2.24) is 5.32 Å². The first kappa shape index (κ1) is 15.6. The summed E-state index contributed by atoms with van der Waals surface area (Å²) in [6.07, 6.45) is 0. The zero-order chi connectivity index (χ0) is 14.4. The molecule has 0 aliphatic heterocycles. The Hall–Kier alpha value is -1.46. The molecule has 19 heavy (non-hydrogen) atoms. The van der Waals surface area contributed by atoms with Gasteiger partial charge < -0.3 is 25.0 Å². The number of ether oxygens (including phenoxy) is 2. The summed E-state index contributed by atoms with van der Waals surface area (Å²) >= 11 is 0. The van der Waals surface area contributed by atoms with Gasteiger partial charge in [-0.25, -0.2) is 0 Å². The summed E-state index contributed by atoms with van der Waals surface area (Å²) in [6, 6.07) is 3.53. The van der Waals surface area contributed by atoms with Crippen LogP contribution in [0, 0.1) is 5.92 Å². The highest BCUT2D eigenvalue weighted by molar-refractivity contribution is 5.52. The molecule has 0 fully saturated rings. The summed E-state index contributed by atoms with van der Waals surface area (Å²) in [5.74, 6) is 1.09. The van der Waals surface area contributed by atoms with Crippen LogP contribution >= 0.6 is 0 Å². The molecule has 5 heteroatoms. The Morgan fingerprint density at radius 3 is 2.05 bits per heavy atom. The second kappa shape index (κ2) is 7.21. The molecule has 0 aliphatic carbocycles. The summed E-state index contributed by atoms with van der Waals surface area (Å²) in [7, 11) is 2.99. The second-order valence-corrected chi connectivity index (χ2v) is 4.76. The summed E-state index contributed by atoms with van der Waals surface area (Å²) in [4.78, 5) is 0. The maximum Gasteiger partial charge on any atom is 0.200 e. The second-order valence-electron chi connectivity index (χ2n) is 4.76. The molecular weight excluding hydrogens is 246 g/mol. The van der Waals surface area contributed by atoms with Gasteiger partial charge in [-0.2, -0.15) is 0 Å². The quantitative estimate of drug-likeness (QED) is 0.700. The smallest absolute Gasteiger partial charge is 0.200 e. The van der Waals surface area contributed by atoms with E-state index in [4.69, 9.17) is 9.47 Å². The lowest BCUT2D eigenvalue weighted by Crippen LogP contribution is -2.36. The Labute approximate surface area is 114 Å². The van der Waals surface area contributed by atoms with Crippen molar-refractivity contribution in [3.05, 3.63) is 17.7 Å². The molecule has 0 heterocycles. The number of aromatic hydroxyl groups is 1. The molecular formula is C14H23NO4. The van der Waals surface area contributed by atoms with E-state index >= 15 is 0 Å².